The molecule has 5 rings (SSSR count). The van der Waals surface area contributed by atoms with Gasteiger partial charge in [0, 0.05) is 40.6 Å². The van der Waals surface area contributed by atoms with E-state index in [4.69, 9.17) is 9.72 Å². The van der Waals surface area contributed by atoms with Crippen molar-refractivity contribution < 1.29 is 17.5 Å². The number of nitrogens with zero attached hydrogens (tertiary/aromatic N) is 2. The first-order valence-electron chi connectivity index (χ1n) is 12.2. The molecule has 0 aliphatic carbocycles. The number of rotatable bonds is 7. The van der Waals surface area contributed by atoms with Gasteiger partial charge >= 0.3 is 0 Å². The summed E-state index contributed by atoms with van der Waals surface area (Å²) in [5.74, 6) is 0.170. The van der Waals surface area contributed by atoms with Crippen LogP contribution in [0.1, 0.15) is 12.5 Å². The summed E-state index contributed by atoms with van der Waals surface area (Å²) in [5.41, 5.74) is 6.85. The van der Waals surface area contributed by atoms with Crippen LogP contribution in [-0.2, 0) is 16.3 Å². The smallest absolute Gasteiger partial charge is 0.213 e. The summed E-state index contributed by atoms with van der Waals surface area (Å²) >= 11 is 0. The zero-order valence-electron chi connectivity index (χ0n) is 21.4. The molecular weight excluding hydrogens is 499 g/mol. The quantitative estimate of drug-likeness (QED) is 0.235. The predicted octanol–water partition coefficient (Wildman–Crippen LogP) is 6.75. The number of methoxy groups -OCH3 is 1. The Morgan fingerprint density at radius 1 is 0.868 bits per heavy atom. The average Bonchev–Trinajstić information content (AvgIpc) is 2.92. The Labute approximate surface area is 221 Å². The lowest BCUT2D eigenvalue weighted by Gasteiger charge is -2.15. The second kappa shape index (κ2) is 10.3. The summed E-state index contributed by atoms with van der Waals surface area (Å²) < 4.78 is 43.3. The number of sulfone groups is 1. The summed E-state index contributed by atoms with van der Waals surface area (Å²) in [6, 6.07) is 25.9. The van der Waals surface area contributed by atoms with Gasteiger partial charge in [-0.15, -0.1) is 0 Å². The highest BCUT2D eigenvalue weighted by atomic mass is 32.2. The Hall–Kier alpha value is -4.10. The summed E-state index contributed by atoms with van der Waals surface area (Å²) in [4.78, 5) is 9.38. The maximum atomic E-state index is 13.6. The van der Waals surface area contributed by atoms with Crippen molar-refractivity contribution in [3.63, 3.8) is 0 Å². The van der Waals surface area contributed by atoms with Gasteiger partial charge in [0.1, 0.15) is 15.7 Å². The molecule has 1 unspecified atom stereocenters. The van der Waals surface area contributed by atoms with E-state index in [0.29, 0.717) is 18.0 Å². The van der Waals surface area contributed by atoms with Crippen molar-refractivity contribution in [2.24, 2.45) is 0 Å². The van der Waals surface area contributed by atoms with Gasteiger partial charge in [-0.2, -0.15) is 0 Å². The van der Waals surface area contributed by atoms with Crippen LogP contribution in [0.4, 0.5) is 4.39 Å². The predicted molar refractivity (Wildman–Crippen MR) is 150 cm³/mol. The van der Waals surface area contributed by atoms with Gasteiger partial charge in [0.2, 0.25) is 5.88 Å². The van der Waals surface area contributed by atoms with E-state index in [-0.39, 0.29) is 5.82 Å². The third-order valence-electron chi connectivity index (χ3n) is 6.70. The SMILES string of the molecule is COc1ccc(-c2ccc(F)cc2)c(-c2cccc(-c3cc(CC(C)S(C)(=O)=O)cc4cccnc34)c2)n1. The molecule has 0 amide bonds. The van der Waals surface area contributed by atoms with Gasteiger partial charge in [-0.3, -0.25) is 4.98 Å². The van der Waals surface area contributed by atoms with Crippen molar-refractivity contribution in [3.05, 3.63) is 103 Å². The van der Waals surface area contributed by atoms with Crippen LogP contribution in [0.5, 0.6) is 5.88 Å². The fourth-order valence-electron chi connectivity index (χ4n) is 4.55. The van der Waals surface area contributed by atoms with Crippen LogP contribution >= 0.6 is 0 Å². The molecule has 2 heterocycles. The van der Waals surface area contributed by atoms with E-state index in [1.807, 2.05) is 54.6 Å². The molecule has 0 saturated heterocycles. The van der Waals surface area contributed by atoms with E-state index in [9.17, 15) is 12.8 Å². The maximum Gasteiger partial charge on any atom is 0.213 e. The Bertz CT molecular complexity index is 1730. The zero-order chi connectivity index (χ0) is 26.9. The lowest BCUT2D eigenvalue weighted by atomic mass is 9.94. The summed E-state index contributed by atoms with van der Waals surface area (Å²) in [7, 11) is -1.60. The topological polar surface area (TPSA) is 69.2 Å². The Kier molecular flexibility index (Phi) is 6.95. The first-order valence-corrected chi connectivity index (χ1v) is 14.2. The van der Waals surface area contributed by atoms with E-state index >= 15 is 0 Å². The lowest BCUT2D eigenvalue weighted by Crippen LogP contribution is -2.18. The maximum absolute atomic E-state index is 13.6. The average molecular weight is 527 g/mol. The second-order valence-electron chi connectivity index (χ2n) is 9.40. The number of hydrogen-bond donors (Lipinski definition) is 0. The highest BCUT2D eigenvalue weighted by molar-refractivity contribution is 7.91. The minimum atomic E-state index is -3.17. The number of fused-ring (bicyclic) bond motifs is 1. The molecule has 0 aliphatic rings. The van der Waals surface area contributed by atoms with Crippen LogP contribution in [-0.4, -0.2) is 37.0 Å². The molecule has 0 N–H and O–H groups in total. The van der Waals surface area contributed by atoms with Crippen LogP contribution in [0, 0.1) is 5.82 Å². The molecule has 0 radical (unpaired) electrons. The number of aromatic nitrogens is 2. The number of benzene rings is 3. The Morgan fingerprint density at radius 2 is 1.63 bits per heavy atom. The van der Waals surface area contributed by atoms with Gasteiger partial charge < -0.3 is 4.74 Å². The van der Waals surface area contributed by atoms with E-state index < -0.39 is 15.1 Å². The number of hydrogen-bond acceptors (Lipinski definition) is 5. The molecule has 5 nitrogen and oxygen atoms in total. The molecule has 2 aromatic heterocycles. The van der Waals surface area contributed by atoms with Crippen LogP contribution in [0.2, 0.25) is 0 Å². The lowest BCUT2D eigenvalue weighted by molar-refractivity contribution is 0.398. The fourth-order valence-corrected chi connectivity index (χ4v) is 5.04. The molecule has 7 heteroatoms. The second-order valence-corrected chi connectivity index (χ2v) is 11.9. The van der Waals surface area contributed by atoms with Gasteiger partial charge in [-0.25, -0.2) is 17.8 Å². The largest absolute Gasteiger partial charge is 0.481 e. The molecule has 0 bridgehead atoms. The molecule has 0 spiro atoms. The molecular formula is C31H27FN2O3S. The minimum absolute atomic E-state index is 0.303. The van der Waals surface area contributed by atoms with Crippen molar-refractivity contribution in [2.45, 2.75) is 18.6 Å². The highest BCUT2D eigenvalue weighted by Gasteiger charge is 2.18. The fraction of sp³-hybridized carbons (Fsp3) is 0.161. The van der Waals surface area contributed by atoms with Crippen molar-refractivity contribution in [3.8, 4) is 39.4 Å². The van der Waals surface area contributed by atoms with Crippen molar-refractivity contribution in [1.29, 1.82) is 0 Å². The van der Waals surface area contributed by atoms with E-state index in [1.54, 1.807) is 38.4 Å². The van der Waals surface area contributed by atoms with Crippen LogP contribution in [0.15, 0.2) is 91.1 Å². The summed E-state index contributed by atoms with van der Waals surface area (Å²) in [6.45, 7) is 1.73. The first kappa shape index (κ1) is 25.5. The summed E-state index contributed by atoms with van der Waals surface area (Å²) in [5, 5.41) is 0.438. The molecule has 1 atom stereocenters. The van der Waals surface area contributed by atoms with Gasteiger partial charge in [0.25, 0.3) is 0 Å². The molecule has 38 heavy (non-hydrogen) atoms. The molecule has 0 aliphatic heterocycles. The first-order chi connectivity index (χ1) is 18.2. The minimum Gasteiger partial charge on any atom is -0.481 e. The van der Waals surface area contributed by atoms with E-state index in [0.717, 1.165) is 44.3 Å². The monoisotopic (exact) mass is 526 g/mol. The standard InChI is InChI=1S/C31H27FN2O3S/c1-20(38(3,35)36)16-21-17-24-8-5-15-33-30(24)28(18-21)23-6-4-7-25(19-23)31-27(13-14-29(34-31)37-2)22-9-11-26(32)12-10-22/h4-15,17-20H,16H2,1-3H3. The van der Waals surface area contributed by atoms with Gasteiger partial charge in [0.05, 0.1) is 23.6 Å². The Balaban J connectivity index is 1.66. The molecule has 0 fully saturated rings. The number of halogens is 1. The van der Waals surface area contributed by atoms with Crippen molar-refractivity contribution in [2.75, 3.05) is 13.4 Å². The van der Waals surface area contributed by atoms with E-state index in [2.05, 4.69) is 4.98 Å². The number of ether oxygens (including phenoxy) is 1. The normalized spacial score (nSPS) is 12.4. The van der Waals surface area contributed by atoms with E-state index in [1.165, 1.54) is 18.4 Å². The van der Waals surface area contributed by atoms with Gasteiger partial charge in [-0.05, 0) is 72.5 Å². The Morgan fingerprint density at radius 3 is 2.37 bits per heavy atom. The molecule has 5 aromatic rings. The molecule has 3 aromatic carbocycles. The van der Waals surface area contributed by atoms with Crippen molar-refractivity contribution in [1.82, 2.24) is 9.97 Å². The zero-order valence-corrected chi connectivity index (χ0v) is 22.2. The van der Waals surface area contributed by atoms with Gasteiger partial charge in [0.15, 0.2) is 0 Å². The van der Waals surface area contributed by atoms with Gasteiger partial charge in [-0.1, -0.05) is 36.4 Å². The van der Waals surface area contributed by atoms with Crippen LogP contribution < -0.4 is 4.74 Å². The van der Waals surface area contributed by atoms with Crippen LogP contribution in [0.3, 0.4) is 0 Å². The van der Waals surface area contributed by atoms with Crippen molar-refractivity contribution >= 4 is 20.7 Å². The third-order valence-corrected chi connectivity index (χ3v) is 8.33. The molecule has 192 valence electrons. The highest BCUT2D eigenvalue weighted by Crippen LogP contribution is 2.36. The number of pyridine rings is 2. The van der Waals surface area contributed by atoms with Crippen LogP contribution in [0.25, 0.3) is 44.4 Å². The molecule has 0 saturated carbocycles. The third kappa shape index (κ3) is 5.29. The summed E-state index contributed by atoms with van der Waals surface area (Å²) in [6.07, 6.45) is 3.43.